The summed E-state index contributed by atoms with van der Waals surface area (Å²) in [6.45, 7) is 1.92. The van der Waals surface area contributed by atoms with Crippen molar-refractivity contribution < 1.29 is 9.21 Å². The zero-order chi connectivity index (χ0) is 7.84. The Labute approximate surface area is 65.2 Å². The third-order valence-electron chi connectivity index (χ3n) is 2.04. The summed E-state index contributed by atoms with van der Waals surface area (Å²) in [5.41, 5.74) is 1.10. The van der Waals surface area contributed by atoms with Crippen LogP contribution in [0.3, 0.4) is 0 Å². The maximum Gasteiger partial charge on any atom is 0.137 e. The van der Waals surface area contributed by atoms with E-state index >= 15 is 0 Å². The molecule has 0 atom stereocenters. The molecule has 0 N–H and O–H groups in total. The molecule has 1 aliphatic rings. The summed E-state index contributed by atoms with van der Waals surface area (Å²) < 4.78 is 5.40. The van der Waals surface area contributed by atoms with Gasteiger partial charge in [0.2, 0.25) is 0 Å². The van der Waals surface area contributed by atoms with Crippen LogP contribution >= 0.6 is 0 Å². The molecule has 0 aliphatic heterocycles. The van der Waals surface area contributed by atoms with Crippen LogP contribution in [0.1, 0.15) is 23.5 Å². The second-order valence-corrected chi connectivity index (χ2v) is 3.02. The van der Waals surface area contributed by atoms with E-state index in [4.69, 9.17) is 4.42 Å². The smallest absolute Gasteiger partial charge is 0.137 e. The molecule has 2 heteroatoms. The topological polar surface area (TPSA) is 30.2 Å². The van der Waals surface area contributed by atoms with E-state index in [1.54, 1.807) is 0 Å². The van der Waals surface area contributed by atoms with Crippen molar-refractivity contribution in [2.75, 3.05) is 0 Å². The Balaban J connectivity index is 2.41. The van der Waals surface area contributed by atoms with E-state index in [1.165, 1.54) is 0 Å². The second-order valence-electron chi connectivity index (χ2n) is 3.02. The van der Waals surface area contributed by atoms with E-state index in [0.29, 0.717) is 18.6 Å². The molecular weight excluding hydrogens is 140 g/mol. The highest BCUT2D eigenvalue weighted by Crippen LogP contribution is 2.22. The van der Waals surface area contributed by atoms with Gasteiger partial charge in [0.05, 0.1) is 0 Å². The molecule has 0 aromatic carbocycles. The minimum Gasteiger partial charge on any atom is -0.466 e. The number of furan rings is 1. The Morgan fingerprint density at radius 1 is 1.45 bits per heavy atom. The number of hydrogen-bond donors (Lipinski definition) is 0. The SMILES string of the molecule is Cc1cc2c(o1)CCC(=O)C2. The standard InChI is InChI=1S/C9H10O2/c1-6-4-7-5-8(10)2-3-9(7)11-6/h4H,2-3,5H2,1H3. The van der Waals surface area contributed by atoms with Crippen molar-refractivity contribution in [2.45, 2.75) is 26.2 Å². The minimum atomic E-state index is 0.332. The summed E-state index contributed by atoms with van der Waals surface area (Å²) in [5, 5.41) is 0. The van der Waals surface area contributed by atoms with Crippen LogP contribution in [0.15, 0.2) is 10.5 Å². The molecule has 0 saturated carbocycles. The molecular formula is C9H10O2. The monoisotopic (exact) mass is 150 g/mol. The largest absolute Gasteiger partial charge is 0.466 e. The maximum atomic E-state index is 11.0. The second kappa shape index (κ2) is 2.22. The molecule has 11 heavy (non-hydrogen) atoms. The van der Waals surface area contributed by atoms with Crippen molar-refractivity contribution in [2.24, 2.45) is 0 Å². The fraction of sp³-hybridized carbons (Fsp3) is 0.444. The van der Waals surface area contributed by atoms with Gasteiger partial charge in [-0.3, -0.25) is 4.79 Å². The summed E-state index contributed by atoms with van der Waals surface area (Å²) in [4.78, 5) is 11.0. The first kappa shape index (κ1) is 6.65. The van der Waals surface area contributed by atoms with Gasteiger partial charge < -0.3 is 4.42 Å². The fourth-order valence-corrected chi connectivity index (χ4v) is 1.53. The van der Waals surface area contributed by atoms with Gasteiger partial charge >= 0.3 is 0 Å². The van der Waals surface area contributed by atoms with Gasteiger partial charge in [0.1, 0.15) is 17.3 Å². The average molecular weight is 150 g/mol. The van der Waals surface area contributed by atoms with Gasteiger partial charge in [-0.2, -0.15) is 0 Å². The molecule has 0 radical (unpaired) electrons. The molecule has 0 bridgehead atoms. The third-order valence-corrected chi connectivity index (χ3v) is 2.04. The van der Waals surface area contributed by atoms with Gasteiger partial charge in [0.15, 0.2) is 0 Å². The van der Waals surface area contributed by atoms with Gasteiger partial charge in [-0.25, -0.2) is 0 Å². The molecule has 0 saturated heterocycles. The Morgan fingerprint density at radius 2 is 2.27 bits per heavy atom. The van der Waals surface area contributed by atoms with Crippen molar-refractivity contribution >= 4 is 5.78 Å². The van der Waals surface area contributed by atoms with Crippen LogP contribution in [-0.4, -0.2) is 5.78 Å². The van der Waals surface area contributed by atoms with E-state index in [2.05, 4.69) is 0 Å². The number of Topliss-reactive ketones (excluding diaryl/α,β-unsaturated/α-hetero) is 1. The lowest BCUT2D eigenvalue weighted by Gasteiger charge is -2.06. The van der Waals surface area contributed by atoms with Crippen molar-refractivity contribution in [3.63, 3.8) is 0 Å². The molecule has 0 spiro atoms. The van der Waals surface area contributed by atoms with E-state index in [1.807, 2.05) is 13.0 Å². The van der Waals surface area contributed by atoms with Crippen LogP contribution in [0.4, 0.5) is 0 Å². The van der Waals surface area contributed by atoms with Gasteiger partial charge in [0, 0.05) is 24.8 Å². The van der Waals surface area contributed by atoms with Gasteiger partial charge in [-0.1, -0.05) is 0 Å². The minimum absolute atomic E-state index is 0.332. The summed E-state index contributed by atoms with van der Waals surface area (Å²) in [6.07, 6.45) is 2.02. The molecule has 1 aromatic heterocycles. The number of fused-ring (bicyclic) bond motifs is 1. The number of carbonyl (C=O) groups excluding carboxylic acids is 1. The van der Waals surface area contributed by atoms with E-state index in [0.717, 1.165) is 23.5 Å². The van der Waals surface area contributed by atoms with Gasteiger partial charge in [0.25, 0.3) is 0 Å². The predicted molar refractivity (Wildman–Crippen MR) is 40.5 cm³/mol. The van der Waals surface area contributed by atoms with Crippen LogP contribution in [0.5, 0.6) is 0 Å². The lowest BCUT2D eigenvalue weighted by Crippen LogP contribution is -2.10. The van der Waals surface area contributed by atoms with Crippen LogP contribution in [0.2, 0.25) is 0 Å². The van der Waals surface area contributed by atoms with Crippen LogP contribution in [-0.2, 0) is 17.6 Å². The Hall–Kier alpha value is -1.05. The fourth-order valence-electron chi connectivity index (χ4n) is 1.53. The Morgan fingerprint density at radius 3 is 3.09 bits per heavy atom. The molecule has 2 rings (SSSR count). The molecule has 0 fully saturated rings. The van der Waals surface area contributed by atoms with E-state index in [9.17, 15) is 4.79 Å². The summed E-state index contributed by atoms with van der Waals surface area (Å²) in [5.74, 6) is 2.27. The molecule has 1 heterocycles. The number of aryl methyl sites for hydroxylation is 2. The highest BCUT2D eigenvalue weighted by atomic mass is 16.3. The summed E-state index contributed by atoms with van der Waals surface area (Å²) in [7, 11) is 0. The molecule has 58 valence electrons. The van der Waals surface area contributed by atoms with Crippen LogP contribution in [0, 0.1) is 6.92 Å². The highest BCUT2D eigenvalue weighted by Gasteiger charge is 2.18. The first-order valence-corrected chi connectivity index (χ1v) is 3.85. The first-order valence-electron chi connectivity index (χ1n) is 3.85. The van der Waals surface area contributed by atoms with Crippen molar-refractivity contribution in [1.29, 1.82) is 0 Å². The zero-order valence-electron chi connectivity index (χ0n) is 6.52. The summed E-state index contributed by atoms with van der Waals surface area (Å²) >= 11 is 0. The summed E-state index contributed by atoms with van der Waals surface area (Å²) in [6, 6.07) is 1.96. The number of ketones is 1. The first-order chi connectivity index (χ1) is 5.25. The number of rotatable bonds is 0. The van der Waals surface area contributed by atoms with E-state index < -0.39 is 0 Å². The average Bonchev–Trinajstić information content (AvgIpc) is 2.27. The van der Waals surface area contributed by atoms with Crippen LogP contribution in [0.25, 0.3) is 0 Å². The predicted octanol–water partition coefficient (Wildman–Crippen LogP) is 1.65. The van der Waals surface area contributed by atoms with E-state index in [-0.39, 0.29) is 0 Å². The maximum absolute atomic E-state index is 11.0. The van der Waals surface area contributed by atoms with Crippen molar-refractivity contribution in [3.05, 3.63) is 23.2 Å². The lowest BCUT2D eigenvalue weighted by atomic mass is 9.97. The van der Waals surface area contributed by atoms with Crippen molar-refractivity contribution in [3.8, 4) is 0 Å². The zero-order valence-corrected chi connectivity index (χ0v) is 6.52. The normalized spacial score (nSPS) is 16.6. The van der Waals surface area contributed by atoms with Crippen LogP contribution < -0.4 is 0 Å². The Kier molecular flexibility index (Phi) is 1.34. The molecule has 0 amide bonds. The number of carbonyl (C=O) groups is 1. The third kappa shape index (κ3) is 1.09. The van der Waals surface area contributed by atoms with Gasteiger partial charge in [-0.15, -0.1) is 0 Å². The number of hydrogen-bond acceptors (Lipinski definition) is 2. The molecule has 0 unspecified atom stereocenters. The Bertz CT molecular complexity index is 297. The molecule has 1 aromatic rings. The molecule has 2 nitrogen and oxygen atoms in total. The van der Waals surface area contributed by atoms with Gasteiger partial charge in [-0.05, 0) is 13.0 Å². The molecule has 1 aliphatic carbocycles. The highest BCUT2D eigenvalue weighted by molar-refractivity contribution is 5.82. The van der Waals surface area contributed by atoms with Crippen molar-refractivity contribution in [1.82, 2.24) is 0 Å². The quantitative estimate of drug-likeness (QED) is 0.562. The lowest BCUT2D eigenvalue weighted by molar-refractivity contribution is -0.118.